The molecule has 1 atom stereocenters. The molecule has 1 amide bonds. The van der Waals surface area contributed by atoms with Crippen molar-refractivity contribution in [2.24, 2.45) is 0 Å². The standard InChI is InChI=1S/C14H14Cl2N2O2/c1-9(13(19)18-14(8-17)6-3-7-14)20-11-5-2-4-10(15)12(11)16/h2,4-5,9H,3,6-7H2,1H3,(H,18,19). The maximum absolute atomic E-state index is 12.0. The number of hydrogen-bond acceptors (Lipinski definition) is 3. The van der Waals surface area contributed by atoms with Crippen molar-refractivity contribution >= 4 is 29.1 Å². The SMILES string of the molecule is CC(Oc1cccc(Cl)c1Cl)C(=O)NC1(C#N)CCC1. The summed E-state index contributed by atoms with van der Waals surface area (Å²) in [6.45, 7) is 1.61. The van der Waals surface area contributed by atoms with Gasteiger partial charge in [-0.2, -0.15) is 5.26 Å². The Morgan fingerprint density at radius 1 is 1.50 bits per heavy atom. The molecule has 0 bridgehead atoms. The van der Waals surface area contributed by atoms with Crippen LogP contribution in [0.2, 0.25) is 10.0 Å². The van der Waals surface area contributed by atoms with Gasteiger partial charge in [0, 0.05) is 0 Å². The van der Waals surface area contributed by atoms with Crippen molar-refractivity contribution < 1.29 is 9.53 Å². The maximum Gasteiger partial charge on any atom is 0.262 e. The molecule has 1 N–H and O–H groups in total. The van der Waals surface area contributed by atoms with Crippen LogP contribution in [0.15, 0.2) is 18.2 Å². The van der Waals surface area contributed by atoms with Gasteiger partial charge in [-0.3, -0.25) is 4.79 Å². The van der Waals surface area contributed by atoms with E-state index in [1.165, 1.54) is 0 Å². The van der Waals surface area contributed by atoms with Gasteiger partial charge in [-0.25, -0.2) is 0 Å². The van der Waals surface area contributed by atoms with Gasteiger partial charge in [0.25, 0.3) is 5.91 Å². The summed E-state index contributed by atoms with van der Waals surface area (Å²) in [5.74, 6) is 0.0173. The van der Waals surface area contributed by atoms with Crippen molar-refractivity contribution in [1.29, 1.82) is 5.26 Å². The van der Waals surface area contributed by atoms with Crippen molar-refractivity contribution in [2.45, 2.75) is 37.8 Å². The summed E-state index contributed by atoms with van der Waals surface area (Å²) >= 11 is 11.9. The van der Waals surface area contributed by atoms with Gasteiger partial charge in [0.05, 0.1) is 11.1 Å². The lowest BCUT2D eigenvalue weighted by molar-refractivity contribution is -0.129. The molecule has 20 heavy (non-hydrogen) atoms. The van der Waals surface area contributed by atoms with E-state index < -0.39 is 11.6 Å². The molecule has 6 heteroatoms. The van der Waals surface area contributed by atoms with Crippen LogP contribution in [0.4, 0.5) is 0 Å². The smallest absolute Gasteiger partial charge is 0.262 e. The van der Waals surface area contributed by atoms with Crippen LogP contribution in [0.1, 0.15) is 26.2 Å². The minimum atomic E-state index is -0.753. The number of rotatable bonds is 4. The van der Waals surface area contributed by atoms with Crippen molar-refractivity contribution in [1.82, 2.24) is 5.32 Å². The van der Waals surface area contributed by atoms with Gasteiger partial charge >= 0.3 is 0 Å². The summed E-state index contributed by atoms with van der Waals surface area (Å²) < 4.78 is 5.51. The van der Waals surface area contributed by atoms with Crippen molar-refractivity contribution in [3.05, 3.63) is 28.2 Å². The summed E-state index contributed by atoms with van der Waals surface area (Å²) in [4.78, 5) is 12.0. The number of carbonyl (C=O) groups is 1. The number of benzene rings is 1. The molecule has 0 aliphatic heterocycles. The van der Waals surface area contributed by atoms with E-state index in [1.807, 2.05) is 0 Å². The summed E-state index contributed by atoms with van der Waals surface area (Å²) in [6, 6.07) is 7.12. The number of halogens is 2. The zero-order valence-electron chi connectivity index (χ0n) is 11.0. The topological polar surface area (TPSA) is 62.1 Å². The van der Waals surface area contributed by atoms with Crippen molar-refractivity contribution in [2.75, 3.05) is 0 Å². The summed E-state index contributed by atoms with van der Waals surface area (Å²) in [5.41, 5.74) is -0.729. The number of nitrogens with one attached hydrogen (secondary N) is 1. The third kappa shape index (κ3) is 3.00. The van der Waals surface area contributed by atoms with Crippen LogP contribution in [0.5, 0.6) is 5.75 Å². The molecule has 0 saturated heterocycles. The molecule has 0 heterocycles. The lowest BCUT2D eigenvalue weighted by Crippen LogP contribution is -2.55. The molecule has 106 valence electrons. The van der Waals surface area contributed by atoms with Gasteiger partial charge in [0.15, 0.2) is 6.10 Å². The van der Waals surface area contributed by atoms with Crippen molar-refractivity contribution in [3.8, 4) is 11.8 Å². The molecule has 0 aromatic heterocycles. The Hall–Kier alpha value is -1.44. The van der Waals surface area contributed by atoms with Crippen LogP contribution < -0.4 is 10.1 Å². The predicted molar refractivity (Wildman–Crippen MR) is 76.9 cm³/mol. The molecule has 1 aliphatic rings. The second-order valence-electron chi connectivity index (χ2n) is 4.85. The molecular formula is C14H14Cl2N2O2. The Morgan fingerprint density at radius 2 is 2.20 bits per heavy atom. The van der Waals surface area contributed by atoms with Crippen LogP contribution in [-0.2, 0) is 4.79 Å². The predicted octanol–water partition coefficient (Wildman–Crippen LogP) is 3.32. The third-order valence-electron chi connectivity index (χ3n) is 3.37. The molecule has 1 aromatic carbocycles. The Labute approximate surface area is 127 Å². The van der Waals surface area contributed by atoms with Gasteiger partial charge in [-0.05, 0) is 38.3 Å². The molecule has 4 nitrogen and oxygen atoms in total. The normalized spacial score (nSPS) is 17.5. The first kappa shape index (κ1) is 15.0. The molecule has 1 saturated carbocycles. The highest BCUT2D eigenvalue weighted by atomic mass is 35.5. The van der Waals surface area contributed by atoms with E-state index in [2.05, 4.69) is 11.4 Å². The van der Waals surface area contributed by atoms with E-state index in [4.69, 9.17) is 33.2 Å². The number of amides is 1. The molecule has 1 aliphatic carbocycles. The monoisotopic (exact) mass is 312 g/mol. The van der Waals surface area contributed by atoms with Gasteiger partial charge < -0.3 is 10.1 Å². The fourth-order valence-corrected chi connectivity index (χ4v) is 2.29. The quantitative estimate of drug-likeness (QED) is 0.927. The first-order valence-corrected chi connectivity index (χ1v) is 7.07. The maximum atomic E-state index is 12.0. The van der Waals surface area contributed by atoms with E-state index in [-0.39, 0.29) is 10.9 Å². The average Bonchev–Trinajstić information content (AvgIpc) is 2.39. The van der Waals surface area contributed by atoms with Gasteiger partial charge in [0.1, 0.15) is 16.3 Å². The molecule has 1 fully saturated rings. The lowest BCUT2D eigenvalue weighted by Gasteiger charge is -2.36. The van der Waals surface area contributed by atoms with Gasteiger partial charge in [-0.15, -0.1) is 0 Å². The lowest BCUT2D eigenvalue weighted by atomic mass is 9.78. The summed E-state index contributed by atoms with van der Waals surface area (Å²) in [5, 5.41) is 12.5. The van der Waals surface area contributed by atoms with E-state index in [9.17, 15) is 4.79 Å². The molecule has 1 unspecified atom stereocenters. The highest BCUT2D eigenvalue weighted by molar-refractivity contribution is 6.42. The Balaban J connectivity index is 2.01. The van der Waals surface area contributed by atoms with E-state index in [1.54, 1.807) is 25.1 Å². The van der Waals surface area contributed by atoms with Crippen LogP contribution in [-0.4, -0.2) is 17.6 Å². The highest BCUT2D eigenvalue weighted by Crippen LogP contribution is 2.33. The Morgan fingerprint density at radius 3 is 2.75 bits per heavy atom. The third-order valence-corrected chi connectivity index (χ3v) is 4.17. The van der Waals surface area contributed by atoms with E-state index in [0.717, 1.165) is 6.42 Å². The van der Waals surface area contributed by atoms with E-state index >= 15 is 0 Å². The number of hydrogen-bond donors (Lipinski definition) is 1. The number of carbonyl (C=O) groups excluding carboxylic acids is 1. The average molecular weight is 313 g/mol. The molecule has 1 aromatic rings. The van der Waals surface area contributed by atoms with Crippen LogP contribution in [0.3, 0.4) is 0 Å². The minimum absolute atomic E-state index is 0.271. The Bertz CT molecular complexity index is 565. The van der Waals surface area contributed by atoms with Gasteiger partial charge in [0.2, 0.25) is 0 Å². The second kappa shape index (κ2) is 5.90. The first-order valence-electron chi connectivity index (χ1n) is 6.31. The van der Waals surface area contributed by atoms with E-state index in [0.29, 0.717) is 23.6 Å². The van der Waals surface area contributed by atoms with Gasteiger partial charge in [-0.1, -0.05) is 29.3 Å². The molecule has 0 radical (unpaired) electrons. The number of ether oxygens (including phenoxy) is 1. The molecule has 2 rings (SSSR count). The zero-order valence-corrected chi connectivity index (χ0v) is 12.5. The fourth-order valence-electron chi connectivity index (χ4n) is 1.95. The molecule has 0 spiro atoms. The second-order valence-corrected chi connectivity index (χ2v) is 5.63. The highest BCUT2D eigenvalue weighted by Gasteiger charge is 2.39. The first-order chi connectivity index (χ1) is 9.47. The van der Waals surface area contributed by atoms with Crippen molar-refractivity contribution in [3.63, 3.8) is 0 Å². The largest absolute Gasteiger partial charge is 0.479 e. The van der Waals surface area contributed by atoms with Crippen LogP contribution in [0.25, 0.3) is 0 Å². The zero-order chi connectivity index (χ0) is 14.8. The molecular weight excluding hydrogens is 299 g/mol. The fraction of sp³-hybridized carbons (Fsp3) is 0.429. The summed E-state index contributed by atoms with van der Waals surface area (Å²) in [6.07, 6.45) is 1.56. The van der Waals surface area contributed by atoms with Crippen LogP contribution >= 0.6 is 23.2 Å². The Kier molecular flexibility index (Phi) is 4.42. The number of nitriles is 1. The summed E-state index contributed by atoms with van der Waals surface area (Å²) in [7, 11) is 0. The number of nitrogens with zero attached hydrogens (tertiary/aromatic N) is 1. The van der Waals surface area contributed by atoms with Crippen LogP contribution in [0, 0.1) is 11.3 Å². The minimum Gasteiger partial charge on any atom is -0.479 e.